The molecule has 110 valence electrons. The summed E-state index contributed by atoms with van der Waals surface area (Å²) in [5, 5.41) is 2.40. The fourth-order valence-electron chi connectivity index (χ4n) is 1.60. The molecule has 1 aromatic carbocycles. The Hall–Kier alpha value is -2.77. The van der Waals surface area contributed by atoms with Gasteiger partial charge in [-0.25, -0.2) is 22.9 Å². The molecule has 0 bridgehead atoms. The van der Waals surface area contributed by atoms with Crippen molar-refractivity contribution in [1.82, 2.24) is 4.98 Å². The van der Waals surface area contributed by atoms with Gasteiger partial charge in [0.05, 0.1) is 24.7 Å². The van der Waals surface area contributed by atoms with Crippen LogP contribution >= 0.6 is 0 Å². The molecule has 3 N–H and O–H groups in total. The number of halogens is 3. The van der Waals surface area contributed by atoms with Crippen LogP contribution < -0.4 is 11.1 Å². The quantitative estimate of drug-likeness (QED) is 0.672. The summed E-state index contributed by atoms with van der Waals surface area (Å²) in [6.07, 6.45) is 1.21. The molecule has 2 rings (SSSR count). The molecule has 0 spiro atoms. The van der Waals surface area contributed by atoms with E-state index in [1.54, 1.807) is 0 Å². The summed E-state index contributed by atoms with van der Waals surface area (Å²) in [4.78, 5) is 15.4. The molecule has 0 aliphatic carbocycles. The average Bonchev–Trinajstić information content (AvgIpc) is 2.48. The predicted octanol–water partition coefficient (Wildman–Crippen LogP) is 2.61. The highest BCUT2D eigenvalue weighted by Gasteiger charge is 2.18. The monoisotopic (exact) mass is 297 g/mol. The summed E-state index contributed by atoms with van der Waals surface area (Å²) in [5.74, 6) is -5.24. The number of carbonyl (C=O) groups excluding carboxylic acids is 1. The summed E-state index contributed by atoms with van der Waals surface area (Å²) in [5.41, 5.74) is 5.25. The Morgan fingerprint density at radius 1 is 1.29 bits per heavy atom. The molecule has 0 radical (unpaired) electrons. The van der Waals surface area contributed by atoms with Gasteiger partial charge in [-0.05, 0) is 18.2 Å². The van der Waals surface area contributed by atoms with E-state index in [4.69, 9.17) is 5.73 Å². The number of nitrogens with two attached hydrogens (primary N) is 1. The summed E-state index contributed by atoms with van der Waals surface area (Å²) in [6, 6.07) is 2.99. The molecule has 2 aromatic rings. The zero-order valence-electron chi connectivity index (χ0n) is 10.8. The molecule has 0 unspecified atom stereocenters. The van der Waals surface area contributed by atoms with Crippen molar-refractivity contribution < 1.29 is 22.7 Å². The summed E-state index contributed by atoms with van der Waals surface area (Å²) in [6.45, 7) is 0. The van der Waals surface area contributed by atoms with Crippen LogP contribution in [-0.4, -0.2) is 18.1 Å². The molecule has 0 aliphatic heterocycles. The van der Waals surface area contributed by atoms with E-state index in [9.17, 15) is 18.0 Å². The molecule has 1 heterocycles. The number of hydrogen-bond acceptors (Lipinski definition) is 5. The Morgan fingerprint density at radius 3 is 2.67 bits per heavy atom. The third-order valence-electron chi connectivity index (χ3n) is 2.60. The highest BCUT2D eigenvalue weighted by Crippen LogP contribution is 2.25. The van der Waals surface area contributed by atoms with Crippen molar-refractivity contribution in [2.24, 2.45) is 0 Å². The van der Waals surface area contributed by atoms with Gasteiger partial charge < -0.3 is 15.8 Å². The zero-order chi connectivity index (χ0) is 15.6. The van der Waals surface area contributed by atoms with Crippen LogP contribution in [0.1, 0.15) is 10.4 Å². The van der Waals surface area contributed by atoms with Crippen molar-refractivity contribution >= 4 is 23.2 Å². The Morgan fingerprint density at radius 2 is 2.00 bits per heavy atom. The van der Waals surface area contributed by atoms with Crippen molar-refractivity contribution in [3.63, 3.8) is 0 Å². The number of nitrogens with zero attached hydrogens (tertiary/aromatic N) is 1. The lowest BCUT2D eigenvalue weighted by atomic mass is 10.2. The van der Waals surface area contributed by atoms with Gasteiger partial charge in [-0.1, -0.05) is 0 Å². The number of pyridine rings is 1. The number of methoxy groups -OCH3 is 1. The molecule has 0 amide bonds. The van der Waals surface area contributed by atoms with E-state index < -0.39 is 23.4 Å². The van der Waals surface area contributed by atoms with Gasteiger partial charge in [0.25, 0.3) is 0 Å². The highest BCUT2D eigenvalue weighted by atomic mass is 19.2. The zero-order valence-corrected chi connectivity index (χ0v) is 10.8. The molecule has 0 saturated heterocycles. The number of nitrogen functional groups attached to an aromatic ring is 1. The van der Waals surface area contributed by atoms with Gasteiger partial charge in [0.15, 0.2) is 17.5 Å². The number of esters is 1. The van der Waals surface area contributed by atoms with Crippen LogP contribution in [0.25, 0.3) is 0 Å². The smallest absolute Gasteiger partial charge is 0.341 e. The van der Waals surface area contributed by atoms with E-state index in [1.165, 1.54) is 12.3 Å². The summed E-state index contributed by atoms with van der Waals surface area (Å²) >= 11 is 0. The van der Waals surface area contributed by atoms with E-state index in [1.807, 2.05) is 0 Å². The summed E-state index contributed by atoms with van der Waals surface area (Å²) in [7, 11) is 1.15. The maximum absolute atomic E-state index is 13.6. The van der Waals surface area contributed by atoms with Crippen LogP contribution in [0.15, 0.2) is 24.4 Å². The van der Waals surface area contributed by atoms with Crippen molar-refractivity contribution in [3.8, 4) is 0 Å². The second kappa shape index (κ2) is 5.70. The Balaban J connectivity index is 2.45. The van der Waals surface area contributed by atoms with Gasteiger partial charge in [-0.2, -0.15) is 0 Å². The first-order chi connectivity index (χ1) is 9.93. The predicted molar refractivity (Wildman–Crippen MR) is 69.6 cm³/mol. The van der Waals surface area contributed by atoms with Gasteiger partial charge in [-0.15, -0.1) is 0 Å². The van der Waals surface area contributed by atoms with E-state index >= 15 is 0 Å². The van der Waals surface area contributed by atoms with Crippen LogP contribution in [0.3, 0.4) is 0 Å². The largest absolute Gasteiger partial charge is 0.465 e. The molecular weight excluding hydrogens is 287 g/mol. The number of benzene rings is 1. The van der Waals surface area contributed by atoms with Crippen molar-refractivity contribution in [3.05, 3.63) is 47.4 Å². The molecule has 5 nitrogen and oxygen atoms in total. The Kier molecular flexibility index (Phi) is 3.97. The molecule has 0 aliphatic rings. The lowest BCUT2D eigenvalue weighted by molar-refractivity contribution is 0.0601. The number of anilines is 3. The molecule has 8 heteroatoms. The summed E-state index contributed by atoms with van der Waals surface area (Å²) < 4.78 is 44.2. The maximum Gasteiger partial charge on any atom is 0.341 e. The van der Waals surface area contributed by atoms with Crippen molar-refractivity contribution in [1.29, 1.82) is 0 Å². The van der Waals surface area contributed by atoms with E-state index in [2.05, 4.69) is 15.0 Å². The first-order valence-electron chi connectivity index (χ1n) is 5.68. The minimum absolute atomic E-state index is 0.0679. The SMILES string of the molecule is COC(=O)c1cc(N)cnc1Nc1ccc(F)c(F)c1F. The lowest BCUT2D eigenvalue weighted by Crippen LogP contribution is -2.09. The molecule has 0 atom stereocenters. The first-order valence-corrected chi connectivity index (χ1v) is 5.68. The van der Waals surface area contributed by atoms with Crippen molar-refractivity contribution in [2.75, 3.05) is 18.2 Å². The number of ether oxygens (including phenoxy) is 1. The fourth-order valence-corrected chi connectivity index (χ4v) is 1.60. The topological polar surface area (TPSA) is 77.2 Å². The minimum atomic E-state index is -1.63. The van der Waals surface area contributed by atoms with Crippen LogP contribution in [-0.2, 0) is 4.74 Å². The van der Waals surface area contributed by atoms with Crippen LogP contribution in [0, 0.1) is 17.5 Å². The molecular formula is C13H10F3N3O2. The van der Waals surface area contributed by atoms with E-state index in [-0.39, 0.29) is 22.8 Å². The molecule has 1 aromatic heterocycles. The highest BCUT2D eigenvalue weighted by molar-refractivity contribution is 5.96. The first kappa shape index (κ1) is 14.6. The Bertz CT molecular complexity index is 707. The normalized spacial score (nSPS) is 10.3. The van der Waals surface area contributed by atoms with Crippen LogP contribution in [0.2, 0.25) is 0 Å². The minimum Gasteiger partial charge on any atom is -0.465 e. The molecule has 0 fully saturated rings. The van der Waals surface area contributed by atoms with Crippen LogP contribution in [0.4, 0.5) is 30.4 Å². The van der Waals surface area contributed by atoms with E-state index in [0.29, 0.717) is 0 Å². The fraction of sp³-hybridized carbons (Fsp3) is 0.0769. The number of hydrogen-bond donors (Lipinski definition) is 2. The van der Waals surface area contributed by atoms with E-state index in [0.717, 1.165) is 19.2 Å². The maximum atomic E-state index is 13.6. The number of carbonyl (C=O) groups is 1. The number of rotatable bonds is 3. The lowest BCUT2D eigenvalue weighted by Gasteiger charge is -2.11. The van der Waals surface area contributed by atoms with Gasteiger partial charge in [0.2, 0.25) is 0 Å². The third-order valence-corrected chi connectivity index (χ3v) is 2.60. The third kappa shape index (κ3) is 2.88. The van der Waals surface area contributed by atoms with Crippen molar-refractivity contribution in [2.45, 2.75) is 0 Å². The number of nitrogens with one attached hydrogen (secondary N) is 1. The second-order valence-corrected chi connectivity index (χ2v) is 4.00. The van der Waals surface area contributed by atoms with Gasteiger partial charge >= 0.3 is 5.97 Å². The standard InChI is InChI=1S/C13H10F3N3O2/c1-21-13(20)7-4-6(17)5-18-12(7)19-9-3-2-8(14)10(15)11(9)16/h2-5H,17H2,1H3,(H,18,19). The van der Waals surface area contributed by atoms with Gasteiger partial charge in [0.1, 0.15) is 11.4 Å². The van der Waals surface area contributed by atoms with Crippen LogP contribution in [0.5, 0.6) is 0 Å². The average molecular weight is 297 g/mol. The molecule has 21 heavy (non-hydrogen) atoms. The molecule has 0 saturated carbocycles. The van der Waals surface area contributed by atoms with Gasteiger partial charge in [0, 0.05) is 0 Å². The Labute approximate surface area is 117 Å². The number of aromatic nitrogens is 1. The second-order valence-electron chi connectivity index (χ2n) is 4.00. The van der Waals surface area contributed by atoms with Gasteiger partial charge in [-0.3, -0.25) is 0 Å².